The standard InChI is InChI=1S/C12H13F3N4/c13-12(14,15)6-1-7-19-8-17-11(18-19)9-2-4-10(16)5-3-9/h2-5,8H,1,6-7,16H2. The van der Waals surface area contributed by atoms with Gasteiger partial charge in [0.1, 0.15) is 6.33 Å². The molecule has 1 heterocycles. The normalized spacial score (nSPS) is 11.7. The fraction of sp³-hybridized carbons (Fsp3) is 0.333. The summed E-state index contributed by atoms with van der Waals surface area (Å²) in [6, 6.07) is 6.98. The van der Waals surface area contributed by atoms with Gasteiger partial charge in [0.15, 0.2) is 5.82 Å². The van der Waals surface area contributed by atoms with Gasteiger partial charge in [-0.05, 0) is 30.7 Å². The topological polar surface area (TPSA) is 56.7 Å². The maximum Gasteiger partial charge on any atom is 0.389 e. The van der Waals surface area contributed by atoms with Gasteiger partial charge >= 0.3 is 6.18 Å². The van der Waals surface area contributed by atoms with Crippen molar-refractivity contribution in [3.05, 3.63) is 30.6 Å². The van der Waals surface area contributed by atoms with Crippen LogP contribution in [-0.4, -0.2) is 20.9 Å². The van der Waals surface area contributed by atoms with E-state index < -0.39 is 12.6 Å². The molecule has 19 heavy (non-hydrogen) atoms. The lowest BCUT2D eigenvalue weighted by Crippen LogP contribution is -2.09. The Balaban J connectivity index is 1.97. The van der Waals surface area contributed by atoms with Crippen molar-refractivity contribution < 1.29 is 13.2 Å². The molecule has 2 rings (SSSR count). The minimum atomic E-state index is -4.12. The van der Waals surface area contributed by atoms with E-state index in [0.717, 1.165) is 5.56 Å². The summed E-state index contributed by atoms with van der Waals surface area (Å²) in [7, 11) is 0. The second kappa shape index (κ2) is 5.29. The maximum absolute atomic E-state index is 12.0. The van der Waals surface area contributed by atoms with Crippen LogP contribution in [0.25, 0.3) is 11.4 Å². The summed E-state index contributed by atoms with van der Waals surface area (Å²) in [5, 5.41) is 4.13. The first-order valence-corrected chi connectivity index (χ1v) is 5.76. The lowest BCUT2D eigenvalue weighted by atomic mass is 10.2. The number of rotatable bonds is 4. The van der Waals surface area contributed by atoms with Crippen LogP contribution in [0.2, 0.25) is 0 Å². The summed E-state index contributed by atoms with van der Waals surface area (Å²) in [4.78, 5) is 4.06. The van der Waals surface area contributed by atoms with Gasteiger partial charge < -0.3 is 5.73 Å². The Morgan fingerprint density at radius 2 is 1.84 bits per heavy atom. The first-order chi connectivity index (χ1) is 8.94. The number of nitrogens with zero attached hydrogens (tertiary/aromatic N) is 3. The van der Waals surface area contributed by atoms with Crippen molar-refractivity contribution in [2.45, 2.75) is 25.6 Å². The summed E-state index contributed by atoms with van der Waals surface area (Å²) in [5.74, 6) is 0.479. The summed E-state index contributed by atoms with van der Waals surface area (Å²) in [6.45, 7) is 0.196. The van der Waals surface area contributed by atoms with Crippen molar-refractivity contribution in [1.29, 1.82) is 0 Å². The number of hydrogen-bond donors (Lipinski definition) is 1. The fourth-order valence-electron chi connectivity index (χ4n) is 1.61. The smallest absolute Gasteiger partial charge is 0.389 e. The number of hydrogen-bond acceptors (Lipinski definition) is 3. The van der Waals surface area contributed by atoms with Gasteiger partial charge in [-0.15, -0.1) is 0 Å². The molecule has 1 aromatic heterocycles. The highest BCUT2D eigenvalue weighted by Crippen LogP contribution is 2.22. The Labute approximate surface area is 108 Å². The molecule has 0 bridgehead atoms. The van der Waals surface area contributed by atoms with Crippen LogP contribution in [0, 0.1) is 0 Å². The molecular formula is C12H13F3N4. The molecule has 0 spiro atoms. The lowest BCUT2D eigenvalue weighted by molar-refractivity contribution is -0.136. The number of alkyl halides is 3. The van der Waals surface area contributed by atoms with E-state index >= 15 is 0 Å². The number of nitrogens with two attached hydrogens (primary N) is 1. The highest BCUT2D eigenvalue weighted by atomic mass is 19.4. The molecule has 0 aliphatic carbocycles. The van der Waals surface area contributed by atoms with Gasteiger partial charge in [-0.25, -0.2) is 4.98 Å². The molecule has 0 amide bonds. The molecule has 0 unspecified atom stereocenters. The SMILES string of the molecule is Nc1ccc(-c2ncn(CCCC(F)(F)F)n2)cc1. The second-order valence-corrected chi connectivity index (χ2v) is 4.17. The van der Waals surface area contributed by atoms with Crippen molar-refractivity contribution in [3.63, 3.8) is 0 Å². The van der Waals surface area contributed by atoms with Gasteiger partial charge in [-0.3, -0.25) is 4.68 Å². The maximum atomic E-state index is 12.0. The van der Waals surface area contributed by atoms with Gasteiger partial charge in [0, 0.05) is 24.2 Å². The van der Waals surface area contributed by atoms with E-state index in [9.17, 15) is 13.2 Å². The molecule has 0 fully saturated rings. The first kappa shape index (κ1) is 13.4. The van der Waals surface area contributed by atoms with E-state index in [1.165, 1.54) is 11.0 Å². The summed E-state index contributed by atoms with van der Waals surface area (Å²) < 4.78 is 37.4. The van der Waals surface area contributed by atoms with Crippen molar-refractivity contribution in [3.8, 4) is 11.4 Å². The molecule has 4 nitrogen and oxygen atoms in total. The molecule has 0 saturated heterocycles. The zero-order chi connectivity index (χ0) is 13.9. The van der Waals surface area contributed by atoms with E-state index in [1.807, 2.05) is 0 Å². The number of aryl methyl sites for hydroxylation is 1. The second-order valence-electron chi connectivity index (χ2n) is 4.17. The molecule has 7 heteroatoms. The number of benzene rings is 1. The minimum absolute atomic E-state index is 0.00591. The Morgan fingerprint density at radius 3 is 2.47 bits per heavy atom. The Hall–Kier alpha value is -2.05. The van der Waals surface area contributed by atoms with Crippen LogP contribution >= 0.6 is 0 Å². The van der Waals surface area contributed by atoms with E-state index in [-0.39, 0.29) is 13.0 Å². The molecule has 0 atom stereocenters. The molecule has 2 aromatic rings. The van der Waals surface area contributed by atoms with Crippen LogP contribution in [0.1, 0.15) is 12.8 Å². The monoisotopic (exact) mass is 270 g/mol. The molecular weight excluding hydrogens is 257 g/mol. The van der Waals surface area contributed by atoms with Gasteiger partial charge in [0.2, 0.25) is 0 Å². The average molecular weight is 270 g/mol. The van der Waals surface area contributed by atoms with Crippen LogP contribution in [0.4, 0.5) is 18.9 Å². The van der Waals surface area contributed by atoms with Crippen molar-refractivity contribution >= 4 is 5.69 Å². The zero-order valence-electron chi connectivity index (χ0n) is 10.1. The predicted octanol–water partition coefficient (Wildman–Crippen LogP) is 2.87. The molecule has 1 aromatic carbocycles. The van der Waals surface area contributed by atoms with Crippen LogP contribution in [0.3, 0.4) is 0 Å². The third-order valence-corrected chi connectivity index (χ3v) is 2.55. The average Bonchev–Trinajstić information content (AvgIpc) is 2.77. The largest absolute Gasteiger partial charge is 0.399 e. The van der Waals surface area contributed by atoms with Crippen LogP contribution in [0.5, 0.6) is 0 Å². The van der Waals surface area contributed by atoms with Crippen LogP contribution in [-0.2, 0) is 6.54 Å². The quantitative estimate of drug-likeness (QED) is 0.869. The molecule has 2 N–H and O–H groups in total. The summed E-state index contributed by atoms with van der Waals surface area (Å²) >= 11 is 0. The van der Waals surface area contributed by atoms with Crippen molar-refractivity contribution in [2.24, 2.45) is 0 Å². The van der Waals surface area contributed by atoms with E-state index in [1.54, 1.807) is 24.3 Å². The minimum Gasteiger partial charge on any atom is -0.399 e. The first-order valence-electron chi connectivity index (χ1n) is 5.76. The Morgan fingerprint density at radius 1 is 1.16 bits per heavy atom. The third kappa shape index (κ3) is 3.97. The van der Waals surface area contributed by atoms with E-state index in [0.29, 0.717) is 11.5 Å². The lowest BCUT2D eigenvalue weighted by Gasteiger charge is -2.05. The predicted molar refractivity (Wildman–Crippen MR) is 65.2 cm³/mol. The zero-order valence-corrected chi connectivity index (χ0v) is 10.1. The van der Waals surface area contributed by atoms with Gasteiger partial charge in [0.25, 0.3) is 0 Å². The third-order valence-electron chi connectivity index (χ3n) is 2.55. The number of aromatic nitrogens is 3. The van der Waals surface area contributed by atoms with Gasteiger partial charge in [0.05, 0.1) is 0 Å². The van der Waals surface area contributed by atoms with Crippen LogP contribution in [0.15, 0.2) is 30.6 Å². The highest BCUT2D eigenvalue weighted by Gasteiger charge is 2.26. The van der Waals surface area contributed by atoms with E-state index in [4.69, 9.17) is 5.73 Å². The van der Waals surface area contributed by atoms with Gasteiger partial charge in [-0.2, -0.15) is 18.3 Å². The van der Waals surface area contributed by atoms with Crippen molar-refractivity contribution in [1.82, 2.24) is 14.8 Å². The molecule has 0 aliphatic rings. The number of nitrogen functional groups attached to an aromatic ring is 1. The summed E-state index contributed by atoms with van der Waals surface area (Å²) in [5.41, 5.74) is 6.98. The van der Waals surface area contributed by atoms with Gasteiger partial charge in [-0.1, -0.05) is 0 Å². The highest BCUT2D eigenvalue weighted by molar-refractivity contribution is 5.57. The fourth-order valence-corrected chi connectivity index (χ4v) is 1.61. The number of halogens is 3. The summed E-state index contributed by atoms with van der Waals surface area (Å²) in [6.07, 6.45) is -3.51. The molecule has 0 saturated carbocycles. The van der Waals surface area contributed by atoms with Crippen LogP contribution < -0.4 is 5.73 Å². The van der Waals surface area contributed by atoms with Crippen molar-refractivity contribution in [2.75, 3.05) is 5.73 Å². The van der Waals surface area contributed by atoms with E-state index in [2.05, 4.69) is 10.1 Å². The molecule has 0 aliphatic heterocycles. The molecule has 0 radical (unpaired) electrons. The molecule has 102 valence electrons. The Kier molecular flexibility index (Phi) is 3.73. The Bertz CT molecular complexity index is 531. The number of anilines is 1.